The molecule has 0 atom stereocenters. The van der Waals surface area contributed by atoms with Crippen LogP contribution in [0, 0.1) is 11.3 Å². The Kier molecular flexibility index (Phi) is 2.64. The molecule has 1 aromatic heterocycles. The molecule has 0 bridgehead atoms. The van der Waals surface area contributed by atoms with Crippen molar-refractivity contribution in [1.82, 2.24) is 4.98 Å². The molecule has 1 saturated heterocycles. The number of anilines is 1. The van der Waals surface area contributed by atoms with Crippen molar-refractivity contribution in [1.29, 1.82) is 5.26 Å². The molecule has 2 rings (SSSR count). The van der Waals surface area contributed by atoms with E-state index in [1.807, 2.05) is 23.1 Å². The molecular formula is C11H11N3O. The molecule has 1 fully saturated rings. The van der Waals surface area contributed by atoms with Crippen LogP contribution in [0.3, 0.4) is 0 Å². The minimum Gasteiger partial charge on any atom is -0.356 e. The van der Waals surface area contributed by atoms with E-state index in [9.17, 15) is 4.79 Å². The summed E-state index contributed by atoms with van der Waals surface area (Å²) in [5, 5.41) is 8.72. The lowest BCUT2D eigenvalue weighted by Crippen LogP contribution is -2.34. The Hall–Kier alpha value is -1.89. The van der Waals surface area contributed by atoms with Crippen molar-refractivity contribution in [3.8, 4) is 6.07 Å². The number of ketones is 1. The van der Waals surface area contributed by atoms with Crippen LogP contribution in [0.1, 0.15) is 18.5 Å². The third-order valence-corrected chi connectivity index (χ3v) is 2.49. The third kappa shape index (κ3) is 2.13. The summed E-state index contributed by atoms with van der Waals surface area (Å²) in [4.78, 5) is 17.3. The van der Waals surface area contributed by atoms with Crippen LogP contribution in [0.15, 0.2) is 18.2 Å². The van der Waals surface area contributed by atoms with E-state index in [-0.39, 0.29) is 0 Å². The van der Waals surface area contributed by atoms with Crippen LogP contribution in [-0.4, -0.2) is 23.9 Å². The summed E-state index contributed by atoms with van der Waals surface area (Å²) in [5.74, 6) is 1.10. The smallest absolute Gasteiger partial charge is 0.142 e. The van der Waals surface area contributed by atoms with Crippen LogP contribution >= 0.6 is 0 Å². The summed E-state index contributed by atoms with van der Waals surface area (Å²) >= 11 is 0. The number of hydrogen-bond donors (Lipinski definition) is 0. The monoisotopic (exact) mass is 201 g/mol. The lowest BCUT2D eigenvalue weighted by atomic mass is 10.1. The Bertz CT molecular complexity index is 412. The molecule has 4 nitrogen and oxygen atoms in total. The molecule has 1 aliphatic rings. The van der Waals surface area contributed by atoms with Crippen molar-refractivity contribution >= 4 is 11.6 Å². The van der Waals surface area contributed by atoms with E-state index in [1.165, 1.54) is 0 Å². The number of pyridine rings is 1. The van der Waals surface area contributed by atoms with E-state index in [1.54, 1.807) is 6.07 Å². The largest absolute Gasteiger partial charge is 0.356 e. The number of carbonyl (C=O) groups is 1. The number of aromatic nitrogens is 1. The molecule has 15 heavy (non-hydrogen) atoms. The van der Waals surface area contributed by atoms with Crippen LogP contribution in [0.4, 0.5) is 5.82 Å². The van der Waals surface area contributed by atoms with Crippen LogP contribution in [0.2, 0.25) is 0 Å². The number of hydrogen-bond acceptors (Lipinski definition) is 4. The average Bonchev–Trinajstić information content (AvgIpc) is 2.30. The first-order valence-electron chi connectivity index (χ1n) is 4.93. The minimum atomic E-state index is 0.308. The fraction of sp³-hybridized carbons (Fsp3) is 0.364. The fourth-order valence-electron chi connectivity index (χ4n) is 1.65. The zero-order valence-electron chi connectivity index (χ0n) is 8.31. The van der Waals surface area contributed by atoms with Crippen molar-refractivity contribution < 1.29 is 4.79 Å². The standard InChI is InChI=1S/C11H11N3O/c12-8-9-2-1-3-11(13-9)14-6-4-10(15)5-7-14/h1-3H,4-7H2. The summed E-state index contributed by atoms with van der Waals surface area (Å²) in [6.07, 6.45) is 1.16. The van der Waals surface area contributed by atoms with Gasteiger partial charge in [0.05, 0.1) is 0 Å². The molecular weight excluding hydrogens is 190 g/mol. The first-order chi connectivity index (χ1) is 7.29. The van der Waals surface area contributed by atoms with Crippen LogP contribution in [-0.2, 0) is 4.79 Å². The highest BCUT2D eigenvalue weighted by atomic mass is 16.1. The number of rotatable bonds is 1. The van der Waals surface area contributed by atoms with Gasteiger partial charge in [0.25, 0.3) is 0 Å². The number of nitrogens with zero attached hydrogens (tertiary/aromatic N) is 3. The lowest BCUT2D eigenvalue weighted by molar-refractivity contribution is -0.119. The molecule has 1 aliphatic heterocycles. The van der Waals surface area contributed by atoms with Gasteiger partial charge in [-0.3, -0.25) is 4.79 Å². The maximum atomic E-state index is 11.1. The first kappa shape index (κ1) is 9.66. The van der Waals surface area contributed by atoms with Crippen molar-refractivity contribution in [2.24, 2.45) is 0 Å². The predicted molar refractivity (Wildman–Crippen MR) is 55.4 cm³/mol. The Morgan fingerprint density at radius 1 is 1.33 bits per heavy atom. The van der Waals surface area contributed by atoms with Gasteiger partial charge in [-0.2, -0.15) is 5.26 Å². The molecule has 0 radical (unpaired) electrons. The maximum absolute atomic E-state index is 11.1. The topological polar surface area (TPSA) is 57.0 Å². The molecule has 0 aliphatic carbocycles. The van der Waals surface area contributed by atoms with Gasteiger partial charge >= 0.3 is 0 Å². The molecule has 0 aromatic carbocycles. The van der Waals surface area contributed by atoms with E-state index in [0.29, 0.717) is 37.4 Å². The van der Waals surface area contributed by atoms with E-state index in [0.717, 1.165) is 5.82 Å². The van der Waals surface area contributed by atoms with Crippen LogP contribution in [0.5, 0.6) is 0 Å². The summed E-state index contributed by atoms with van der Waals surface area (Å²) in [6.45, 7) is 1.42. The molecule has 0 unspecified atom stereocenters. The fourth-order valence-corrected chi connectivity index (χ4v) is 1.65. The van der Waals surface area contributed by atoms with Crippen molar-refractivity contribution in [2.75, 3.05) is 18.0 Å². The highest BCUT2D eigenvalue weighted by molar-refractivity contribution is 5.80. The first-order valence-corrected chi connectivity index (χ1v) is 4.93. The zero-order chi connectivity index (χ0) is 10.7. The summed E-state index contributed by atoms with van der Waals surface area (Å²) in [7, 11) is 0. The van der Waals surface area contributed by atoms with Gasteiger partial charge in [-0.1, -0.05) is 6.07 Å². The molecule has 2 heterocycles. The normalized spacial score (nSPS) is 16.2. The van der Waals surface area contributed by atoms with E-state index in [4.69, 9.17) is 5.26 Å². The van der Waals surface area contributed by atoms with Gasteiger partial charge in [-0.15, -0.1) is 0 Å². The van der Waals surface area contributed by atoms with Gasteiger partial charge in [0.2, 0.25) is 0 Å². The van der Waals surface area contributed by atoms with Crippen LogP contribution in [0.25, 0.3) is 0 Å². The number of piperidine rings is 1. The Labute approximate surface area is 88.1 Å². The Morgan fingerprint density at radius 3 is 2.73 bits per heavy atom. The molecule has 76 valence electrons. The van der Waals surface area contributed by atoms with Crippen molar-refractivity contribution in [3.05, 3.63) is 23.9 Å². The average molecular weight is 201 g/mol. The van der Waals surface area contributed by atoms with Crippen molar-refractivity contribution in [2.45, 2.75) is 12.8 Å². The van der Waals surface area contributed by atoms with Crippen molar-refractivity contribution in [3.63, 3.8) is 0 Å². The second-order valence-electron chi connectivity index (χ2n) is 3.52. The second kappa shape index (κ2) is 4.09. The van der Waals surface area contributed by atoms with Gasteiger partial charge in [0.15, 0.2) is 0 Å². The summed E-state index contributed by atoms with van der Waals surface area (Å²) in [5.41, 5.74) is 0.421. The lowest BCUT2D eigenvalue weighted by Gasteiger charge is -2.26. The van der Waals surface area contributed by atoms with Crippen LogP contribution < -0.4 is 4.90 Å². The van der Waals surface area contributed by atoms with E-state index in [2.05, 4.69) is 4.98 Å². The maximum Gasteiger partial charge on any atom is 0.142 e. The number of Topliss-reactive ketones (excluding diaryl/α,β-unsaturated/α-hetero) is 1. The number of carbonyl (C=O) groups excluding carboxylic acids is 1. The number of nitriles is 1. The van der Waals surface area contributed by atoms with E-state index >= 15 is 0 Å². The Balaban J connectivity index is 2.16. The summed E-state index contributed by atoms with van der Waals surface area (Å²) < 4.78 is 0. The van der Waals surface area contributed by atoms with Gasteiger partial charge < -0.3 is 4.90 Å². The predicted octanol–water partition coefficient (Wildman–Crippen LogP) is 1.12. The minimum absolute atomic E-state index is 0.308. The quantitative estimate of drug-likeness (QED) is 0.683. The third-order valence-electron chi connectivity index (χ3n) is 2.49. The molecule has 0 saturated carbocycles. The highest BCUT2D eigenvalue weighted by Gasteiger charge is 2.17. The van der Waals surface area contributed by atoms with Gasteiger partial charge in [0, 0.05) is 25.9 Å². The summed E-state index contributed by atoms with van der Waals surface area (Å²) in [6, 6.07) is 7.38. The molecule has 0 spiro atoms. The SMILES string of the molecule is N#Cc1cccc(N2CCC(=O)CC2)n1. The van der Waals surface area contributed by atoms with Gasteiger partial charge in [0.1, 0.15) is 23.4 Å². The second-order valence-corrected chi connectivity index (χ2v) is 3.52. The molecule has 4 heteroatoms. The van der Waals surface area contributed by atoms with Gasteiger partial charge in [-0.25, -0.2) is 4.98 Å². The zero-order valence-corrected chi connectivity index (χ0v) is 8.31. The van der Waals surface area contributed by atoms with Gasteiger partial charge in [-0.05, 0) is 12.1 Å². The Morgan fingerprint density at radius 2 is 2.07 bits per heavy atom. The molecule has 0 N–H and O–H groups in total. The van der Waals surface area contributed by atoms with E-state index < -0.39 is 0 Å². The molecule has 1 aromatic rings. The highest BCUT2D eigenvalue weighted by Crippen LogP contribution is 2.15. The molecule has 0 amide bonds.